The van der Waals surface area contributed by atoms with Crippen molar-refractivity contribution in [3.8, 4) is 0 Å². The molecule has 1 atom stereocenters. The minimum absolute atomic E-state index is 0.0217. The van der Waals surface area contributed by atoms with Crippen molar-refractivity contribution in [1.29, 1.82) is 0 Å². The minimum atomic E-state index is -0.443. The van der Waals surface area contributed by atoms with Gasteiger partial charge in [0.25, 0.3) is 11.6 Å². The second-order valence-electron chi connectivity index (χ2n) is 6.43. The molecular formula is C19H17N3O3S. The average molecular weight is 367 g/mol. The number of hydrogen-bond donors (Lipinski definition) is 0. The van der Waals surface area contributed by atoms with Gasteiger partial charge in [-0.05, 0) is 38.0 Å². The van der Waals surface area contributed by atoms with Crippen molar-refractivity contribution < 1.29 is 9.72 Å². The second kappa shape index (κ2) is 6.49. The van der Waals surface area contributed by atoms with Gasteiger partial charge >= 0.3 is 0 Å². The largest absolute Gasteiger partial charge is 0.329 e. The summed E-state index contributed by atoms with van der Waals surface area (Å²) in [5.41, 5.74) is 1.83. The first-order valence-corrected chi connectivity index (χ1v) is 9.28. The first kappa shape index (κ1) is 16.7. The van der Waals surface area contributed by atoms with Crippen LogP contribution >= 0.6 is 11.3 Å². The van der Waals surface area contributed by atoms with Crippen LogP contribution in [0.25, 0.3) is 10.2 Å². The standard InChI is InChI=1S/C19H17N3O3S/c1-12-8-9-13(11-16(12)22(24)25)19(23)21-10-4-6-15(21)18-20-14-5-2-3-7-17(14)26-18/h2-3,5,7-9,11,15H,4,6,10H2,1H3. The number of nitro groups is 1. The third-order valence-electron chi connectivity index (χ3n) is 4.76. The van der Waals surface area contributed by atoms with E-state index in [1.165, 1.54) is 6.07 Å². The molecular weight excluding hydrogens is 350 g/mol. The van der Waals surface area contributed by atoms with Crippen LogP contribution in [0.4, 0.5) is 5.69 Å². The van der Waals surface area contributed by atoms with Gasteiger partial charge in [0.15, 0.2) is 0 Å². The first-order chi connectivity index (χ1) is 12.5. The number of amides is 1. The van der Waals surface area contributed by atoms with E-state index < -0.39 is 4.92 Å². The molecule has 6 nitrogen and oxygen atoms in total. The van der Waals surface area contributed by atoms with Crippen molar-refractivity contribution in [2.24, 2.45) is 0 Å². The van der Waals surface area contributed by atoms with Gasteiger partial charge in [0.2, 0.25) is 0 Å². The van der Waals surface area contributed by atoms with Gasteiger partial charge in [-0.25, -0.2) is 4.98 Å². The molecule has 2 aromatic carbocycles. The van der Waals surface area contributed by atoms with Crippen molar-refractivity contribution in [2.75, 3.05) is 6.54 Å². The lowest BCUT2D eigenvalue weighted by molar-refractivity contribution is -0.385. The SMILES string of the molecule is Cc1ccc(C(=O)N2CCCC2c2nc3ccccc3s2)cc1[N+](=O)[O-]. The van der Waals surface area contributed by atoms with E-state index in [1.807, 2.05) is 24.3 Å². The van der Waals surface area contributed by atoms with Crippen LogP contribution in [-0.2, 0) is 0 Å². The van der Waals surface area contributed by atoms with E-state index in [9.17, 15) is 14.9 Å². The third kappa shape index (κ3) is 2.84. The molecule has 0 bridgehead atoms. The summed E-state index contributed by atoms with van der Waals surface area (Å²) < 4.78 is 1.10. The number of likely N-dealkylation sites (tertiary alicyclic amines) is 1. The number of aromatic nitrogens is 1. The Hall–Kier alpha value is -2.80. The van der Waals surface area contributed by atoms with E-state index in [-0.39, 0.29) is 17.6 Å². The van der Waals surface area contributed by atoms with E-state index in [1.54, 1.807) is 35.3 Å². The maximum atomic E-state index is 13.0. The van der Waals surface area contributed by atoms with Gasteiger partial charge in [0, 0.05) is 23.7 Å². The number of aryl methyl sites for hydroxylation is 1. The van der Waals surface area contributed by atoms with Gasteiger partial charge in [0.05, 0.1) is 21.2 Å². The van der Waals surface area contributed by atoms with Crippen LogP contribution in [0.15, 0.2) is 42.5 Å². The highest BCUT2D eigenvalue weighted by Gasteiger charge is 2.33. The Morgan fingerprint density at radius 3 is 2.88 bits per heavy atom. The molecule has 1 aliphatic rings. The normalized spacial score (nSPS) is 17.0. The maximum absolute atomic E-state index is 13.0. The van der Waals surface area contributed by atoms with Crippen molar-refractivity contribution >= 4 is 33.1 Å². The molecule has 3 aromatic rings. The van der Waals surface area contributed by atoms with Crippen LogP contribution in [0, 0.1) is 17.0 Å². The lowest BCUT2D eigenvalue weighted by atomic mass is 10.1. The molecule has 0 radical (unpaired) electrons. The number of carbonyl (C=O) groups excluding carboxylic acids is 1. The van der Waals surface area contributed by atoms with Gasteiger partial charge in [-0.2, -0.15) is 0 Å². The zero-order valence-corrected chi connectivity index (χ0v) is 15.0. The quantitative estimate of drug-likeness (QED) is 0.505. The fourth-order valence-corrected chi connectivity index (χ4v) is 4.52. The van der Waals surface area contributed by atoms with Crippen LogP contribution < -0.4 is 0 Å². The first-order valence-electron chi connectivity index (χ1n) is 8.46. The molecule has 1 saturated heterocycles. The van der Waals surface area contributed by atoms with Gasteiger partial charge in [-0.1, -0.05) is 18.2 Å². The number of fused-ring (bicyclic) bond motifs is 1. The molecule has 1 aliphatic heterocycles. The highest BCUT2D eigenvalue weighted by molar-refractivity contribution is 7.18. The number of thiazole rings is 1. The monoisotopic (exact) mass is 367 g/mol. The molecule has 7 heteroatoms. The third-order valence-corrected chi connectivity index (χ3v) is 5.90. The molecule has 1 fully saturated rings. The Kier molecular flexibility index (Phi) is 4.16. The Balaban J connectivity index is 1.67. The number of nitro benzene ring substituents is 1. The molecule has 0 spiro atoms. The summed E-state index contributed by atoms with van der Waals surface area (Å²) in [6.45, 7) is 2.31. The van der Waals surface area contributed by atoms with Crippen LogP contribution in [-0.4, -0.2) is 27.3 Å². The maximum Gasteiger partial charge on any atom is 0.273 e. The Labute approximate surface area is 154 Å². The van der Waals surface area contributed by atoms with Crippen LogP contribution in [0.3, 0.4) is 0 Å². The van der Waals surface area contributed by atoms with Gasteiger partial charge < -0.3 is 4.90 Å². The van der Waals surface area contributed by atoms with Crippen LogP contribution in [0.5, 0.6) is 0 Å². The fourth-order valence-electron chi connectivity index (χ4n) is 3.40. The molecule has 1 unspecified atom stereocenters. The van der Waals surface area contributed by atoms with Crippen LogP contribution in [0.1, 0.15) is 39.8 Å². The highest BCUT2D eigenvalue weighted by Crippen LogP contribution is 2.37. The fraction of sp³-hybridized carbons (Fsp3) is 0.263. The predicted octanol–water partition coefficient (Wildman–Crippen LogP) is 4.49. The number of hydrogen-bond acceptors (Lipinski definition) is 5. The molecule has 0 saturated carbocycles. The molecule has 26 heavy (non-hydrogen) atoms. The Bertz CT molecular complexity index is 981. The number of nitrogens with zero attached hydrogens (tertiary/aromatic N) is 3. The molecule has 1 aromatic heterocycles. The molecule has 0 aliphatic carbocycles. The average Bonchev–Trinajstić information content (AvgIpc) is 3.27. The number of para-hydroxylation sites is 1. The summed E-state index contributed by atoms with van der Waals surface area (Å²) in [5.74, 6) is -0.171. The number of carbonyl (C=O) groups is 1. The van der Waals surface area contributed by atoms with Gasteiger partial charge in [-0.3, -0.25) is 14.9 Å². The summed E-state index contributed by atoms with van der Waals surface area (Å²) in [4.78, 5) is 30.2. The second-order valence-corrected chi connectivity index (χ2v) is 7.50. The van der Waals surface area contributed by atoms with E-state index in [0.717, 1.165) is 28.1 Å². The smallest absolute Gasteiger partial charge is 0.273 e. The lowest BCUT2D eigenvalue weighted by Crippen LogP contribution is -2.30. The molecule has 4 rings (SSSR count). The number of benzene rings is 2. The van der Waals surface area contributed by atoms with Crippen molar-refractivity contribution in [3.05, 3.63) is 68.7 Å². The zero-order valence-electron chi connectivity index (χ0n) is 14.2. The molecule has 132 valence electrons. The zero-order chi connectivity index (χ0) is 18.3. The lowest BCUT2D eigenvalue weighted by Gasteiger charge is -2.23. The highest BCUT2D eigenvalue weighted by atomic mass is 32.1. The van der Waals surface area contributed by atoms with E-state index >= 15 is 0 Å². The van der Waals surface area contributed by atoms with Crippen molar-refractivity contribution in [1.82, 2.24) is 9.88 Å². The summed E-state index contributed by atoms with van der Waals surface area (Å²) in [6, 6.07) is 12.5. The topological polar surface area (TPSA) is 76.3 Å². The minimum Gasteiger partial charge on any atom is -0.329 e. The summed E-state index contributed by atoms with van der Waals surface area (Å²) in [6.07, 6.45) is 1.76. The van der Waals surface area contributed by atoms with Crippen LogP contribution in [0.2, 0.25) is 0 Å². The Morgan fingerprint density at radius 1 is 1.31 bits per heavy atom. The summed E-state index contributed by atoms with van der Waals surface area (Å²) >= 11 is 1.61. The van der Waals surface area contributed by atoms with Crippen molar-refractivity contribution in [3.63, 3.8) is 0 Å². The summed E-state index contributed by atoms with van der Waals surface area (Å²) in [5, 5.41) is 12.1. The van der Waals surface area contributed by atoms with E-state index in [4.69, 9.17) is 4.98 Å². The number of rotatable bonds is 3. The molecule has 0 N–H and O–H groups in total. The Morgan fingerprint density at radius 2 is 2.12 bits per heavy atom. The molecule has 1 amide bonds. The molecule has 2 heterocycles. The van der Waals surface area contributed by atoms with Gasteiger partial charge in [-0.15, -0.1) is 11.3 Å². The summed E-state index contributed by atoms with van der Waals surface area (Å²) in [7, 11) is 0. The van der Waals surface area contributed by atoms with E-state index in [2.05, 4.69) is 0 Å². The predicted molar refractivity (Wildman–Crippen MR) is 100 cm³/mol. The van der Waals surface area contributed by atoms with Crippen molar-refractivity contribution in [2.45, 2.75) is 25.8 Å². The van der Waals surface area contributed by atoms with E-state index in [0.29, 0.717) is 17.7 Å². The van der Waals surface area contributed by atoms with Gasteiger partial charge in [0.1, 0.15) is 5.01 Å².